The lowest BCUT2D eigenvalue weighted by atomic mass is 10.3. The highest BCUT2D eigenvalue weighted by Gasteiger charge is 2.18. The highest BCUT2D eigenvalue weighted by Crippen LogP contribution is 2.27. The summed E-state index contributed by atoms with van der Waals surface area (Å²) in [5.74, 6) is 2.00. The summed E-state index contributed by atoms with van der Waals surface area (Å²) < 4.78 is 7.31. The molecule has 0 aliphatic rings. The van der Waals surface area contributed by atoms with Gasteiger partial charge in [-0.2, -0.15) is 4.98 Å². The molecule has 27 heavy (non-hydrogen) atoms. The molecule has 0 unspecified atom stereocenters. The van der Waals surface area contributed by atoms with Crippen LogP contribution in [-0.2, 0) is 0 Å². The molecular formula is C19H19N7O. The van der Waals surface area contributed by atoms with E-state index in [1.807, 2.05) is 30.3 Å². The van der Waals surface area contributed by atoms with Gasteiger partial charge in [-0.05, 0) is 32.0 Å². The van der Waals surface area contributed by atoms with E-state index in [1.165, 1.54) is 6.33 Å². The molecule has 0 radical (unpaired) electrons. The van der Waals surface area contributed by atoms with Crippen LogP contribution in [0, 0.1) is 0 Å². The summed E-state index contributed by atoms with van der Waals surface area (Å²) in [6, 6.07) is 9.60. The molecule has 4 aromatic rings. The van der Waals surface area contributed by atoms with Crippen LogP contribution in [-0.4, -0.2) is 36.6 Å². The van der Waals surface area contributed by atoms with E-state index in [-0.39, 0.29) is 6.04 Å². The number of hydrogen-bond donors (Lipinski definition) is 1. The van der Waals surface area contributed by atoms with Gasteiger partial charge in [0.15, 0.2) is 11.5 Å². The molecule has 1 N–H and O–H groups in total. The Morgan fingerprint density at radius 2 is 2.00 bits per heavy atom. The van der Waals surface area contributed by atoms with E-state index in [0.717, 1.165) is 28.6 Å². The summed E-state index contributed by atoms with van der Waals surface area (Å²) in [6.07, 6.45) is 4.93. The van der Waals surface area contributed by atoms with Gasteiger partial charge < -0.3 is 14.6 Å². The molecule has 1 aromatic carbocycles. The van der Waals surface area contributed by atoms with Crippen molar-refractivity contribution in [1.29, 1.82) is 0 Å². The fraction of sp³-hybridized carbons (Fsp3) is 0.211. The molecule has 8 heteroatoms. The number of aromatic nitrogens is 6. The minimum Gasteiger partial charge on any atom is -0.497 e. The Labute approximate surface area is 156 Å². The van der Waals surface area contributed by atoms with Gasteiger partial charge in [0.05, 0.1) is 13.3 Å². The van der Waals surface area contributed by atoms with Crippen molar-refractivity contribution in [3.05, 3.63) is 49.1 Å². The third kappa shape index (κ3) is 3.29. The monoisotopic (exact) mass is 361 g/mol. The molecule has 0 aliphatic carbocycles. The van der Waals surface area contributed by atoms with Crippen LogP contribution in [0.3, 0.4) is 0 Å². The van der Waals surface area contributed by atoms with Crippen molar-refractivity contribution in [2.45, 2.75) is 19.9 Å². The Kier molecular flexibility index (Phi) is 4.37. The van der Waals surface area contributed by atoms with Gasteiger partial charge in [0, 0.05) is 24.0 Å². The summed E-state index contributed by atoms with van der Waals surface area (Å²) in [7, 11) is 1.64. The lowest BCUT2D eigenvalue weighted by Crippen LogP contribution is -2.06. The van der Waals surface area contributed by atoms with Gasteiger partial charge in [-0.3, -0.25) is 0 Å². The van der Waals surface area contributed by atoms with Gasteiger partial charge in [0.1, 0.15) is 23.3 Å². The van der Waals surface area contributed by atoms with Gasteiger partial charge >= 0.3 is 0 Å². The first kappa shape index (κ1) is 16.9. The number of rotatable bonds is 5. The maximum absolute atomic E-state index is 5.26. The third-order valence-electron chi connectivity index (χ3n) is 4.09. The van der Waals surface area contributed by atoms with E-state index >= 15 is 0 Å². The number of anilines is 2. The normalized spacial score (nSPS) is 11.1. The Bertz CT molecular complexity index is 1080. The summed E-state index contributed by atoms with van der Waals surface area (Å²) in [4.78, 5) is 22.1. The molecule has 0 atom stereocenters. The minimum atomic E-state index is 0.152. The van der Waals surface area contributed by atoms with Crippen LogP contribution < -0.4 is 10.1 Å². The van der Waals surface area contributed by atoms with Crippen molar-refractivity contribution in [3.8, 4) is 17.3 Å². The SMILES string of the molecule is COc1cccc(Nc2ncc3nc(-c4ccncn4)n(C(C)C)c3n2)c1. The molecular weight excluding hydrogens is 342 g/mol. The van der Waals surface area contributed by atoms with Gasteiger partial charge in [-0.25, -0.2) is 19.9 Å². The lowest BCUT2D eigenvalue weighted by Gasteiger charge is -2.12. The smallest absolute Gasteiger partial charge is 0.229 e. The van der Waals surface area contributed by atoms with Crippen molar-refractivity contribution >= 4 is 22.8 Å². The lowest BCUT2D eigenvalue weighted by molar-refractivity contribution is 0.415. The zero-order valence-corrected chi connectivity index (χ0v) is 15.3. The Morgan fingerprint density at radius 3 is 2.74 bits per heavy atom. The van der Waals surface area contributed by atoms with E-state index in [4.69, 9.17) is 4.74 Å². The Morgan fingerprint density at radius 1 is 1.11 bits per heavy atom. The molecule has 3 aromatic heterocycles. The van der Waals surface area contributed by atoms with Crippen molar-refractivity contribution in [1.82, 2.24) is 29.5 Å². The van der Waals surface area contributed by atoms with Crippen molar-refractivity contribution in [3.63, 3.8) is 0 Å². The fourth-order valence-electron chi connectivity index (χ4n) is 2.87. The molecule has 4 rings (SSSR count). The molecule has 0 saturated carbocycles. The molecule has 136 valence electrons. The number of hydrogen-bond acceptors (Lipinski definition) is 7. The molecule has 3 heterocycles. The molecule has 0 amide bonds. The highest BCUT2D eigenvalue weighted by atomic mass is 16.5. The minimum absolute atomic E-state index is 0.152. The maximum Gasteiger partial charge on any atom is 0.229 e. The number of nitrogens with zero attached hydrogens (tertiary/aromatic N) is 6. The predicted octanol–water partition coefficient (Wildman–Crippen LogP) is 3.62. The van der Waals surface area contributed by atoms with Gasteiger partial charge in [0.25, 0.3) is 0 Å². The Hall–Kier alpha value is -3.55. The number of methoxy groups -OCH3 is 1. The molecule has 8 nitrogen and oxygen atoms in total. The van der Waals surface area contributed by atoms with Crippen LogP contribution in [0.15, 0.2) is 49.1 Å². The fourth-order valence-corrected chi connectivity index (χ4v) is 2.87. The average molecular weight is 361 g/mol. The molecule has 0 fully saturated rings. The van der Waals surface area contributed by atoms with Crippen LogP contribution in [0.1, 0.15) is 19.9 Å². The van der Waals surface area contributed by atoms with Crippen molar-refractivity contribution in [2.24, 2.45) is 0 Å². The molecule has 0 bridgehead atoms. The largest absolute Gasteiger partial charge is 0.497 e. The first-order valence-corrected chi connectivity index (χ1v) is 8.58. The van der Waals surface area contributed by atoms with E-state index in [0.29, 0.717) is 11.5 Å². The van der Waals surface area contributed by atoms with E-state index in [2.05, 4.69) is 48.7 Å². The van der Waals surface area contributed by atoms with Gasteiger partial charge in [-0.1, -0.05) is 6.07 Å². The second-order valence-corrected chi connectivity index (χ2v) is 6.25. The zero-order valence-electron chi connectivity index (χ0n) is 15.3. The van der Waals surface area contributed by atoms with Crippen molar-refractivity contribution < 1.29 is 4.74 Å². The topological polar surface area (TPSA) is 90.6 Å². The summed E-state index contributed by atoms with van der Waals surface area (Å²) in [6.45, 7) is 4.17. The van der Waals surface area contributed by atoms with Gasteiger partial charge in [0.2, 0.25) is 5.95 Å². The predicted molar refractivity (Wildman–Crippen MR) is 103 cm³/mol. The van der Waals surface area contributed by atoms with E-state index < -0.39 is 0 Å². The average Bonchev–Trinajstić information content (AvgIpc) is 3.08. The summed E-state index contributed by atoms with van der Waals surface area (Å²) >= 11 is 0. The molecule has 0 aliphatic heterocycles. The van der Waals surface area contributed by atoms with Crippen LogP contribution in [0.4, 0.5) is 11.6 Å². The van der Waals surface area contributed by atoms with Crippen LogP contribution in [0.5, 0.6) is 5.75 Å². The van der Waals surface area contributed by atoms with Crippen LogP contribution in [0.25, 0.3) is 22.7 Å². The molecule has 0 saturated heterocycles. The standard InChI is InChI=1S/C19H19N7O/c1-12(2)26-17(15-7-8-20-11-22-15)24-16-10-21-19(25-18(16)26)23-13-5-4-6-14(9-13)27-3/h4-12H,1-3H3,(H,21,23,25). The first-order chi connectivity index (χ1) is 13.2. The maximum atomic E-state index is 5.26. The number of imidazole rings is 1. The summed E-state index contributed by atoms with van der Waals surface area (Å²) in [5, 5.41) is 3.22. The van der Waals surface area contributed by atoms with E-state index in [9.17, 15) is 0 Å². The first-order valence-electron chi connectivity index (χ1n) is 8.58. The summed E-state index contributed by atoms with van der Waals surface area (Å²) in [5.41, 5.74) is 3.06. The van der Waals surface area contributed by atoms with Gasteiger partial charge in [-0.15, -0.1) is 0 Å². The second kappa shape index (κ2) is 6.99. The number of ether oxygens (including phenoxy) is 1. The number of benzene rings is 1. The highest BCUT2D eigenvalue weighted by molar-refractivity contribution is 5.77. The second-order valence-electron chi connectivity index (χ2n) is 6.25. The van der Waals surface area contributed by atoms with Crippen LogP contribution in [0.2, 0.25) is 0 Å². The number of fused-ring (bicyclic) bond motifs is 1. The van der Waals surface area contributed by atoms with E-state index in [1.54, 1.807) is 19.5 Å². The molecule has 0 spiro atoms. The van der Waals surface area contributed by atoms with Crippen molar-refractivity contribution in [2.75, 3.05) is 12.4 Å². The third-order valence-corrected chi connectivity index (χ3v) is 4.09. The Balaban J connectivity index is 1.78. The quantitative estimate of drug-likeness (QED) is 0.580. The number of nitrogens with one attached hydrogen (secondary N) is 1. The zero-order chi connectivity index (χ0) is 18.8. The van der Waals surface area contributed by atoms with Crippen LogP contribution >= 0.6 is 0 Å².